The van der Waals surface area contributed by atoms with Gasteiger partial charge in [0.2, 0.25) is 0 Å². The molecule has 0 spiro atoms. The summed E-state index contributed by atoms with van der Waals surface area (Å²) in [6.45, 7) is 1.44. The molecule has 3 heteroatoms. The molecule has 1 aromatic heterocycles. The number of benzene rings is 1. The van der Waals surface area contributed by atoms with Gasteiger partial charge in [-0.1, -0.05) is 12.1 Å². The second-order valence-electron chi connectivity index (χ2n) is 4.33. The Kier molecular flexibility index (Phi) is 2.61. The maximum Gasteiger partial charge on any atom is 0.123 e. The van der Waals surface area contributed by atoms with E-state index in [-0.39, 0.29) is 0 Å². The first-order valence-electron chi connectivity index (χ1n) is 5.88. The number of hydrogen-bond donors (Lipinski definition) is 1. The molecule has 0 saturated carbocycles. The van der Waals surface area contributed by atoms with Gasteiger partial charge in [0, 0.05) is 11.5 Å². The Bertz CT molecular complexity index is 505. The van der Waals surface area contributed by atoms with Crippen LogP contribution in [0.1, 0.15) is 17.9 Å². The van der Waals surface area contributed by atoms with Crippen LogP contribution in [-0.2, 0) is 0 Å². The van der Waals surface area contributed by atoms with Gasteiger partial charge in [-0.05, 0) is 36.2 Å². The maximum absolute atomic E-state index is 5.78. The standard InChI is InChI=1S/C14H15NO2/c15-8-11-4-6-17-14-7-10(1-2-13(11)14)12-3-5-16-9-12/h1-3,5,7,9,11H,4,6,8,15H2. The summed E-state index contributed by atoms with van der Waals surface area (Å²) in [5.74, 6) is 1.39. The molecule has 1 aromatic carbocycles. The van der Waals surface area contributed by atoms with Crippen LogP contribution in [0.2, 0.25) is 0 Å². The number of fused-ring (bicyclic) bond motifs is 1. The molecule has 0 fully saturated rings. The van der Waals surface area contributed by atoms with Gasteiger partial charge in [0.15, 0.2) is 0 Å². The molecule has 2 N–H and O–H groups in total. The number of ether oxygens (including phenoxy) is 1. The Morgan fingerprint density at radius 1 is 1.24 bits per heavy atom. The number of nitrogens with two attached hydrogens (primary N) is 1. The predicted octanol–water partition coefficient (Wildman–Crippen LogP) is 2.77. The molecule has 0 saturated heterocycles. The average Bonchev–Trinajstić information content (AvgIpc) is 2.91. The van der Waals surface area contributed by atoms with E-state index < -0.39 is 0 Å². The van der Waals surface area contributed by atoms with E-state index in [9.17, 15) is 0 Å². The largest absolute Gasteiger partial charge is 0.493 e. The summed E-state index contributed by atoms with van der Waals surface area (Å²) in [5.41, 5.74) is 9.20. The quantitative estimate of drug-likeness (QED) is 0.861. The first-order valence-corrected chi connectivity index (χ1v) is 5.88. The normalized spacial score (nSPS) is 18.5. The van der Waals surface area contributed by atoms with Gasteiger partial charge < -0.3 is 14.9 Å². The van der Waals surface area contributed by atoms with Crippen molar-refractivity contribution in [2.45, 2.75) is 12.3 Å². The molecule has 0 amide bonds. The van der Waals surface area contributed by atoms with E-state index >= 15 is 0 Å². The summed E-state index contributed by atoms with van der Waals surface area (Å²) in [5, 5.41) is 0. The molecule has 2 heterocycles. The molecule has 3 rings (SSSR count). The molecule has 1 atom stereocenters. The van der Waals surface area contributed by atoms with Crippen LogP contribution in [0.15, 0.2) is 41.2 Å². The van der Waals surface area contributed by atoms with E-state index in [1.807, 2.05) is 6.07 Å². The molecule has 88 valence electrons. The Morgan fingerprint density at radius 2 is 2.18 bits per heavy atom. The zero-order valence-electron chi connectivity index (χ0n) is 9.56. The van der Waals surface area contributed by atoms with Crippen molar-refractivity contribution >= 4 is 0 Å². The van der Waals surface area contributed by atoms with Crippen molar-refractivity contribution in [3.8, 4) is 16.9 Å². The van der Waals surface area contributed by atoms with Crippen LogP contribution in [0.4, 0.5) is 0 Å². The molecule has 0 aliphatic carbocycles. The van der Waals surface area contributed by atoms with Crippen molar-refractivity contribution in [2.24, 2.45) is 5.73 Å². The highest BCUT2D eigenvalue weighted by atomic mass is 16.5. The molecule has 17 heavy (non-hydrogen) atoms. The predicted molar refractivity (Wildman–Crippen MR) is 66.1 cm³/mol. The third-order valence-electron chi connectivity index (χ3n) is 3.32. The van der Waals surface area contributed by atoms with Crippen molar-refractivity contribution in [1.82, 2.24) is 0 Å². The van der Waals surface area contributed by atoms with E-state index in [0.29, 0.717) is 12.5 Å². The molecular formula is C14H15NO2. The highest BCUT2D eigenvalue weighted by molar-refractivity contribution is 5.65. The second-order valence-corrected chi connectivity index (χ2v) is 4.33. The van der Waals surface area contributed by atoms with Gasteiger partial charge in [-0.15, -0.1) is 0 Å². The van der Waals surface area contributed by atoms with Gasteiger partial charge in [0.1, 0.15) is 5.75 Å². The molecule has 1 aliphatic rings. The lowest BCUT2D eigenvalue weighted by molar-refractivity contribution is 0.269. The summed E-state index contributed by atoms with van der Waals surface area (Å²) in [4.78, 5) is 0. The second kappa shape index (κ2) is 4.26. The van der Waals surface area contributed by atoms with E-state index in [2.05, 4.69) is 18.2 Å². The highest BCUT2D eigenvalue weighted by Gasteiger charge is 2.20. The Hall–Kier alpha value is -1.74. The lowest BCUT2D eigenvalue weighted by Gasteiger charge is -2.25. The van der Waals surface area contributed by atoms with Crippen molar-refractivity contribution < 1.29 is 9.15 Å². The van der Waals surface area contributed by atoms with Gasteiger partial charge >= 0.3 is 0 Å². The molecule has 3 nitrogen and oxygen atoms in total. The van der Waals surface area contributed by atoms with Crippen molar-refractivity contribution in [3.63, 3.8) is 0 Å². The smallest absolute Gasteiger partial charge is 0.123 e. The minimum atomic E-state index is 0.428. The number of hydrogen-bond acceptors (Lipinski definition) is 3. The fourth-order valence-electron chi connectivity index (χ4n) is 2.32. The molecule has 1 aliphatic heterocycles. The highest BCUT2D eigenvalue weighted by Crippen LogP contribution is 2.36. The van der Waals surface area contributed by atoms with Crippen LogP contribution < -0.4 is 10.5 Å². The van der Waals surface area contributed by atoms with Crippen LogP contribution in [0.3, 0.4) is 0 Å². The maximum atomic E-state index is 5.78. The van der Waals surface area contributed by atoms with Crippen molar-refractivity contribution in [1.29, 1.82) is 0 Å². The summed E-state index contributed by atoms with van der Waals surface area (Å²) in [6.07, 6.45) is 4.43. The van der Waals surface area contributed by atoms with Gasteiger partial charge in [0.25, 0.3) is 0 Å². The molecular weight excluding hydrogens is 214 g/mol. The molecule has 0 radical (unpaired) electrons. The fraction of sp³-hybridized carbons (Fsp3) is 0.286. The van der Waals surface area contributed by atoms with E-state index in [1.165, 1.54) is 5.56 Å². The summed E-state index contributed by atoms with van der Waals surface area (Å²) < 4.78 is 10.8. The third-order valence-corrected chi connectivity index (χ3v) is 3.32. The summed E-state index contributed by atoms with van der Waals surface area (Å²) in [6, 6.07) is 8.24. The lowest BCUT2D eigenvalue weighted by Crippen LogP contribution is -2.20. The minimum absolute atomic E-state index is 0.428. The van der Waals surface area contributed by atoms with Crippen LogP contribution in [-0.4, -0.2) is 13.2 Å². The molecule has 1 unspecified atom stereocenters. The van der Waals surface area contributed by atoms with Gasteiger partial charge in [0.05, 0.1) is 19.1 Å². The van der Waals surface area contributed by atoms with Gasteiger partial charge in [-0.2, -0.15) is 0 Å². The van der Waals surface area contributed by atoms with Crippen molar-refractivity contribution in [3.05, 3.63) is 42.4 Å². The molecule has 0 bridgehead atoms. The van der Waals surface area contributed by atoms with Gasteiger partial charge in [-0.3, -0.25) is 0 Å². The van der Waals surface area contributed by atoms with Gasteiger partial charge in [-0.25, -0.2) is 0 Å². The number of rotatable bonds is 2. The van der Waals surface area contributed by atoms with Crippen molar-refractivity contribution in [2.75, 3.05) is 13.2 Å². The van der Waals surface area contributed by atoms with Crippen LogP contribution in [0, 0.1) is 0 Å². The average molecular weight is 229 g/mol. The Morgan fingerprint density at radius 3 is 2.94 bits per heavy atom. The van der Waals surface area contributed by atoms with Crippen LogP contribution in [0.25, 0.3) is 11.1 Å². The summed E-state index contributed by atoms with van der Waals surface area (Å²) in [7, 11) is 0. The molecule has 2 aromatic rings. The lowest BCUT2D eigenvalue weighted by atomic mass is 9.91. The SMILES string of the molecule is NCC1CCOc2cc(-c3ccoc3)ccc21. The summed E-state index contributed by atoms with van der Waals surface area (Å²) >= 11 is 0. The number of furan rings is 1. The fourth-order valence-corrected chi connectivity index (χ4v) is 2.32. The first-order chi connectivity index (χ1) is 8.38. The van der Waals surface area contributed by atoms with Crippen LogP contribution in [0.5, 0.6) is 5.75 Å². The van der Waals surface area contributed by atoms with E-state index in [1.54, 1.807) is 12.5 Å². The Labute approximate surface area is 100 Å². The topological polar surface area (TPSA) is 48.4 Å². The first kappa shape index (κ1) is 10.4. The zero-order chi connectivity index (χ0) is 11.7. The zero-order valence-corrected chi connectivity index (χ0v) is 9.56. The van der Waals surface area contributed by atoms with Crippen LogP contribution >= 0.6 is 0 Å². The minimum Gasteiger partial charge on any atom is -0.493 e. The van der Waals surface area contributed by atoms with E-state index in [0.717, 1.165) is 29.9 Å². The third kappa shape index (κ3) is 1.83. The van der Waals surface area contributed by atoms with E-state index in [4.69, 9.17) is 14.9 Å². The monoisotopic (exact) mass is 229 g/mol. The Balaban J connectivity index is 2.02.